The van der Waals surface area contributed by atoms with Crippen molar-refractivity contribution in [2.45, 2.75) is 97.3 Å². The van der Waals surface area contributed by atoms with Gasteiger partial charge in [0.25, 0.3) is 0 Å². The molecule has 0 radical (unpaired) electrons. The third-order valence-corrected chi connectivity index (χ3v) is 7.39. The second-order valence-electron chi connectivity index (χ2n) is 10.2. The highest BCUT2D eigenvalue weighted by atomic mass is 16.5. The summed E-state index contributed by atoms with van der Waals surface area (Å²) in [7, 11) is 0. The number of ether oxygens (including phenoxy) is 2. The standard InChI is InChI=1S/C31H42N2O3/c1-3-5-7-8-9-10-19-31(24-32)20-17-26(18-21-31)30(34)36-27-13-11-25(12-14-27)29-16-15-28(23-33-29)35-22-6-4-2/h11-16,23,26H,3-10,17-22H2,1-2H3. The number of unbranched alkanes of at least 4 members (excludes halogenated alkanes) is 6. The van der Waals surface area contributed by atoms with Crippen molar-refractivity contribution < 1.29 is 14.3 Å². The molecule has 0 N–H and O–H groups in total. The van der Waals surface area contributed by atoms with E-state index in [9.17, 15) is 10.1 Å². The minimum Gasteiger partial charge on any atom is -0.492 e. The third kappa shape index (κ3) is 8.36. The fourth-order valence-corrected chi connectivity index (χ4v) is 4.93. The second kappa shape index (κ2) is 14.6. The smallest absolute Gasteiger partial charge is 0.314 e. The Hall–Kier alpha value is -2.87. The molecule has 2 aromatic rings. The number of benzene rings is 1. The Bertz CT molecular complexity index is 955. The highest BCUT2D eigenvalue weighted by Crippen LogP contribution is 2.43. The summed E-state index contributed by atoms with van der Waals surface area (Å²) >= 11 is 0. The van der Waals surface area contributed by atoms with Crippen molar-refractivity contribution in [2.24, 2.45) is 11.3 Å². The third-order valence-electron chi connectivity index (χ3n) is 7.39. The van der Waals surface area contributed by atoms with Crippen LogP contribution in [0.2, 0.25) is 0 Å². The molecule has 0 bridgehead atoms. The summed E-state index contributed by atoms with van der Waals surface area (Å²) in [6, 6.07) is 14.0. The first-order valence-corrected chi connectivity index (χ1v) is 13.9. The quantitative estimate of drug-likeness (QED) is 0.151. The van der Waals surface area contributed by atoms with Crippen molar-refractivity contribution in [3.63, 3.8) is 0 Å². The molecule has 3 rings (SSSR count). The van der Waals surface area contributed by atoms with Gasteiger partial charge in [0.2, 0.25) is 0 Å². The van der Waals surface area contributed by atoms with Gasteiger partial charge in [0.15, 0.2) is 0 Å². The molecule has 1 aromatic carbocycles. The predicted octanol–water partition coefficient (Wildman–Crippen LogP) is 8.28. The van der Waals surface area contributed by atoms with Gasteiger partial charge in [0, 0.05) is 5.56 Å². The molecule has 0 spiro atoms. The predicted molar refractivity (Wildman–Crippen MR) is 144 cm³/mol. The normalized spacial score (nSPS) is 19.4. The molecule has 5 nitrogen and oxygen atoms in total. The monoisotopic (exact) mass is 490 g/mol. The topological polar surface area (TPSA) is 72.2 Å². The maximum absolute atomic E-state index is 12.8. The van der Waals surface area contributed by atoms with Crippen LogP contribution >= 0.6 is 0 Å². The number of pyridine rings is 1. The van der Waals surface area contributed by atoms with Crippen molar-refractivity contribution >= 4 is 5.97 Å². The van der Waals surface area contributed by atoms with Crippen LogP contribution in [0, 0.1) is 22.7 Å². The Balaban J connectivity index is 1.45. The number of nitrogens with zero attached hydrogens (tertiary/aromatic N) is 2. The summed E-state index contributed by atoms with van der Waals surface area (Å²) in [5, 5.41) is 9.85. The Morgan fingerprint density at radius 1 is 0.944 bits per heavy atom. The zero-order chi connectivity index (χ0) is 25.6. The molecule has 1 aromatic heterocycles. The second-order valence-corrected chi connectivity index (χ2v) is 10.2. The molecule has 1 fully saturated rings. The summed E-state index contributed by atoms with van der Waals surface area (Å²) in [4.78, 5) is 17.3. The van der Waals surface area contributed by atoms with Gasteiger partial charge in [-0.1, -0.05) is 58.8 Å². The number of aromatic nitrogens is 1. The van der Waals surface area contributed by atoms with Crippen LogP contribution in [0.5, 0.6) is 11.5 Å². The van der Waals surface area contributed by atoms with Crippen LogP contribution in [0.15, 0.2) is 42.6 Å². The van der Waals surface area contributed by atoms with Gasteiger partial charge in [-0.15, -0.1) is 0 Å². The molecule has 36 heavy (non-hydrogen) atoms. The number of carbonyl (C=O) groups is 1. The van der Waals surface area contributed by atoms with Crippen molar-refractivity contribution in [3.05, 3.63) is 42.6 Å². The molecule has 1 aliphatic rings. The van der Waals surface area contributed by atoms with Gasteiger partial charge < -0.3 is 9.47 Å². The highest BCUT2D eigenvalue weighted by Gasteiger charge is 2.37. The first-order chi connectivity index (χ1) is 17.6. The van der Waals surface area contributed by atoms with E-state index in [-0.39, 0.29) is 17.3 Å². The van der Waals surface area contributed by atoms with E-state index in [1.165, 1.54) is 32.1 Å². The average Bonchev–Trinajstić information content (AvgIpc) is 2.92. The molecule has 0 amide bonds. The molecule has 1 aliphatic carbocycles. The van der Waals surface area contributed by atoms with Gasteiger partial charge in [-0.2, -0.15) is 5.26 Å². The van der Waals surface area contributed by atoms with Crippen LogP contribution in [0.25, 0.3) is 11.3 Å². The zero-order valence-corrected chi connectivity index (χ0v) is 22.1. The number of hydrogen-bond acceptors (Lipinski definition) is 5. The van der Waals surface area contributed by atoms with E-state index in [1.54, 1.807) is 6.20 Å². The van der Waals surface area contributed by atoms with Gasteiger partial charge in [0.05, 0.1) is 35.9 Å². The highest BCUT2D eigenvalue weighted by molar-refractivity contribution is 5.75. The lowest BCUT2D eigenvalue weighted by molar-refractivity contribution is -0.140. The molecule has 0 saturated heterocycles. The maximum atomic E-state index is 12.8. The van der Waals surface area contributed by atoms with Crippen LogP contribution in [0.3, 0.4) is 0 Å². The van der Waals surface area contributed by atoms with Gasteiger partial charge in [-0.25, -0.2) is 0 Å². The molecular formula is C31H42N2O3. The first kappa shape index (κ1) is 27.7. The van der Waals surface area contributed by atoms with Gasteiger partial charge in [0.1, 0.15) is 11.5 Å². The Kier molecular flexibility index (Phi) is 11.3. The largest absolute Gasteiger partial charge is 0.492 e. The van der Waals surface area contributed by atoms with E-state index in [2.05, 4.69) is 24.9 Å². The number of hydrogen-bond donors (Lipinski definition) is 0. The lowest BCUT2D eigenvalue weighted by Gasteiger charge is -2.34. The molecule has 1 heterocycles. The minimum atomic E-state index is -0.257. The Morgan fingerprint density at radius 3 is 2.25 bits per heavy atom. The van der Waals surface area contributed by atoms with Crippen molar-refractivity contribution in [1.29, 1.82) is 5.26 Å². The van der Waals surface area contributed by atoms with Crippen molar-refractivity contribution in [1.82, 2.24) is 4.98 Å². The lowest BCUT2D eigenvalue weighted by Crippen LogP contribution is -2.31. The number of nitriles is 1. The zero-order valence-electron chi connectivity index (χ0n) is 22.1. The van der Waals surface area contributed by atoms with Crippen LogP contribution in [-0.2, 0) is 4.79 Å². The van der Waals surface area contributed by atoms with Crippen LogP contribution < -0.4 is 9.47 Å². The van der Waals surface area contributed by atoms with E-state index < -0.39 is 0 Å². The Labute approximate surface area is 217 Å². The van der Waals surface area contributed by atoms with Crippen LogP contribution in [0.4, 0.5) is 0 Å². The van der Waals surface area contributed by atoms with Gasteiger partial charge in [-0.05, 0) is 74.9 Å². The van der Waals surface area contributed by atoms with Crippen LogP contribution in [-0.4, -0.2) is 17.6 Å². The summed E-state index contributed by atoms with van der Waals surface area (Å²) in [6.45, 7) is 5.07. The molecule has 5 heteroatoms. The SMILES string of the molecule is CCCCCCCCC1(C#N)CCC(C(=O)Oc2ccc(-c3ccc(OCCCC)cn3)cc2)CC1. The summed E-state index contributed by atoms with van der Waals surface area (Å²) in [6.07, 6.45) is 15.3. The molecule has 0 unspecified atom stereocenters. The van der Waals surface area contributed by atoms with Gasteiger partial charge in [-0.3, -0.25) is 9.78 Å². The molecule has 194 valence electrons. The molecule has 0 aliphatic heterocycles. The summed E-state index contributed by atoms with van der Waals surface area (Å²) in [5.74, 6) is 1.02. The van der Waals surface area contributed by atoms with E-state index in [1.807, 2.05) is 36.4 Å². The molecule has 1 saturated carbocycles. The fraction of sp³-hybridized carbons (Fsp3) is 0.581. The lowest BCUT2D eigenvalue weighted by atomic mass is 9.69. The van der Waals surface area contributed by atoms with E-state index in [0.717, 1.165) is 68.4 Å². The molecular weight excluding hydrogens is 448 g/mol. The fourth-order valence-electron chi connectivity index (χ4n) is 4.93. The maximum Gasteiger partial charge on any atom is 0.314 e. The first-order valence-electron chi connectivity index (χ1n) is 13.9. The summed E-state index contributed by atoms with van der Waals surface area (Å²) in [5.41, 5.74) is 1.55. The van der Waals surface area contributed by atoms with Crippen molar-refractivity contribution in [2.75, 3.05) is 6.61 Å². The number of esters is 1. The van der Waals surface area contributed by atoms with E-state index in [4.69, 9.17) is 9.47 Å². The van der Waals surface area contributed by atoms with Crippen LogP contribution in [0.1, 0.15) is 97.3 Å². The van der Waals surface area contributed by atoms with E-state index >= 15 is 0 Å². The van der Waals surface area contributed by atoms with Crippen molar-refractivity contribution in [3.8, 4) is 28.8 Å². The Morgan fingerprint density at radius 2 is 1.61 bits per heavy atom. The van der Waals surface area contributed by atoms with E-state index in [0.29, 0.717) is 12.4 Å². The number of carbonyl (C=O) groups excluding carboxylic acids is 1. The molecule has 0 atom stereocenters. The average molecular weight is 491 g/mol. The summed E-state index contributed by atoms with van der Waals surface area (Å²) < 4.78 is 11.4. The minimum absolute atomic E-state index is 0.127. The number of rotatable bonds is 14. The van der Waals surface area contributed by atoms with Gasteiger partial charge >= 0.3 is 5.97 Å².